The topological polar surface area (TPSA) is 58.4 Å². The molecule has 164 valence electrons. The second-order valence-electron chi connectivity index (χ2n) is 9.80. The lowest BCUT2D eigenvalue weighted by atomic mass is 9.72. The zero-order chi connectivity index (χ0) is 21.5. The molecule has 4 rings (SSSR count). The average molecular weight is 431 g/mol. The molecule has 3 heterocycles. The summed E-state index contributed by atoms with van der Waals surface area (Å²) in [5.41, 5.74) is 1.52. The third-order valence-electron chi connectivity index (χ3n) is 7.00. The SMILES string of the molecule is CCN1CCN(C(=O)CCn2cnc3sc4c(c3c2=O)CCC(C(C)(C)C)C4)CC1. The average Bonchev–Trinajstić information content (AvgIpc) is 3.11. The van der Waals surface area contributed by atoms with E-state index in [1.807, 2.05) is 4.90 Å². The molecule has 1 aliphatic carbocycles. The molecule has 1 unspecified atom stereocenters. The second-order valence-corrected chi connectivity index (χ2v) is 10.9. The summed E-state index contributed by atoms with van der Waals surface area (Å²) in [5, 5.41) is 0.800. The Hall–Kier alpha value is -1.73. The van der Waals surface area contributed by atoms with Crippen molar-refractivity contribution in [2.75, 3.05) is 32.7 Å². The fourth-order valence-electron chi connectivity index (χ4n) is 4.79. The van der Waals surface area contributed by atoms with Crippen molar-refractivity contribution in [1.82, 2.24) is 19.4 Å². The molecule has 1 amide bonds. The number of thiophene rings is 1. The minimum atomic E-state index is 0.0234. The quantitative estimate of drug-likeness (QED) is 0.748. The van der Waals surface area contributed by atoms with Gasteiger partial charge in [0.2, 0.25) is 5.91 Å². The van der Waals surface area contributed by atoms with Gasteiger partial charge in [0.25, 0.3) is 5.56 Å². The first-order valence-corrected chi connectivity index (χ1v) is 12.1. The van der Waals surface area contributed by atoms with Crippen LogP contribution in [0.4, 0.5) is 0 Å². The summed E-state index contributed by atoms with van der Waals surface area (Å²) in [5.74, 6) is 0.782. The van der Waals surface area contributed by atoms with Gasteiger partial charge in [-0.05, 0) is 42.7 Å². The van der Waals surface area contributed by atoms with Crippen LogP contribution in [0.2, 0.25) is 0 Å². The molecule has 0 radical (unpaired) electrons. The zero-order valence-corrected chi connectivity index (χ0v) is 19.6. The molecule has 7 heteroatoms. The number of hydrogen-bond acceptors (Lipinski definition) is 5. The molecule has 6 nitrogen and oxygen atoms in total. The number of rotatable bonds is 4. The standard InChI is InChI=1S/C23H34N4O2S/c1-5-25-10-12-26(13-11-25)19(28)8-9-27-15-24-21-20(22(27)29)17-7-6-16(23(2,3)4)14-18(17)30-21/h15-16H,5-14H2,1-4H3. The van der Waals surface area contributed by atoms with Crippen molar-refractivity contribution in [2.45, 2.75) is 59.9 Å². The maximum atomic E-state index is 13.2. The van der Waals surface area contributed by atoms with E-state index in [1.165, 1.54) is 10.4 Å². The second kappa shape index (κ2) is 8.42. The number of amides is 1. The van der Waals surface area contributed by atoms with Gasteiger partial charge in [-0.15, -0.1) is 11.3 Å². The van der Waals surface area contributed by atoms with Gasteiger partial charge in [-0.25, -0.2) is 4.98 Å². The minimum Gasteiger partial charge on any atom is -0.340 e. The van der Waals surface area contributed by atoms with E-state index < -0.39 is 0 Å². The smallest absolute Gasteiger partial charge is 0.262 e. The van der Waals surface area contributed by atoms with Crippen LogP contribution in [-0.4, -0.2) is 58.0 Å². The summed E-state index contributed by atoms with van der Waals surface area (Å²) in [6, 6.07) is 0. The monoisotopic (exact) mass is 430 g/mol. The molecule has 0 spiro atoms. The number of aryl methyl sites for hydroxylation is 2. The number of piperazine rings is 1. The van der Waals surface area contributed by atoms with Crippen LogP contribution in [0.15, 0.2) is 11.1 Å². The highest BCUT2D eigenvalue weighted by atomic mass is 32.1. The molecule has 2 aromatic heterocycles. The highest BCUT2D eigenvalue weighted by Gasteiger charge is 2.31. The van der Waals surface area contributed by atoms with Gasteiger partial charge in [-0.1, -0.05) is 27.7 Å². The Balaban J connectivity index is 1.48. The van der Waals surface area contributed by atoms with Crippen molar-refractivity contribution in [3.8, 4) is 0 Å². The molecule has 1 fully saturated rings. The molecule has 0 saturated carbocycles. The summed E-state index contributed by atoms with van der Waals surface area (Å²) in [4.78, 5) is 36.9. The van der Waals surface area contributed by atoms with Crippen molar-refractivity contribution in [3.05, 3.63) is 27.1 Å². The fourth-order valence-corrected chi connectivity index (χ4v) is 6.05. The highest BCUT2D eigenvalue weighted by Crippen LogP contribution is 2.41. The number of nitrogens with zero attached hydrogens (tertiary/aromatic N) is 4. The Bertz CT molecular complexity index is 979. The summed E-state index contributed by atoms with van der Waals surface area (Å²) >= 11 is 1.69. The van der Waals surface area contributed by atoms with Crippen LogP contribution in [0.1, 0.15) is 51.0 Å². The van der Waals surface area contributed by atoms with Crippen molar-refractivity contribution in [3.63, 3.8) is 0 Å². The molecule has 1 atom stereocenters. The van der Waals surface area contributed by atoms with Gasteiger partial charge < -0.3 is 9.80 Å². The number of carbonyl (C=O) groups is 1. The number of likely N-dealkylation sites (N-methyl/N-ethyl adjacent to an activating group) is 1. The van der Waals surface area contributed by atoms with Crippen LogP contribution >= 0.6 is 11.3 Å². The van der Waals surface area contributed by atoms with Gasteiger partial charge in [-0.2, -0.15) is 0 Å². The molecular weight excluding hydrogens is 396 g/mol. The lowest BCUT2D eigenvalue weighted by Crippen LogP contribution is -2.48. The Morgan fingerprint density at radius 2 is 1.97 bits per heavy atom. The summed E-state index contributed by atoms with van der Waals surface area (Å²) in [6.07, 6.45) is 5.12. The predicted octanol–water partition coefficient (Wildman–Crippen LogP) is 3.16. The zero-order valence-electron chi connectivity index (χ0n) is 18.7. The van der Waals surface area contributed by atoms with Crippen molar-refractivity contribution >= 4 is 27.5 Å². The van der Waals surface area contributed by atoms with Gasteiger partial charge in [-0.3, -0.25) is 14.2 Å². The van der Waals surface area contributed by atoms with Crippen molar-refractivity contribution in [1.29, 1.82) is 0 Å². The third-order valence-corrected chi connectivity index (χ3v) is 8.16. The molecule has 0 bridgehead atoms. The Morgan fingerprint density at radius 3 is 2.63 bits per heavy atom. The largest absolute Gasteiger partial charge is 0.340 e. The van der Waals surface area contributed by atoms with E-state index in [2.05, 4.69) is 37.6 Å². The van der Waals surface area contributed by atoms with Crippen LogP contribution in [0.3, 0.4) is 0 Å². The van der Waals surface area contributed by atoms with Gasteiger partial charge in [0.15, 0.2) is 0 Å². The summed E-state index contributed by atoms with van der Waals surface area (Å²) in [7, 11) is 0. The van der Waals surface area contributed by atoms with Crippen LogP contribution in [0, 0.1) is 11.3 Å². The van der Waals surface area contributed by atoms with E-state index in [4.69, 9.17) is 0 Å². The lowest BCUT2D eigenvalue weighted by molar-refractivity contribution is -0.133. The Labute approximate surface area is 182 Å². The Morgan fingerprint density at radius 1 is 1.23 bits per heavy atom. The first-order valence-electron chi connectivity index (χ1n) is 11.3. The summed E-state index contributed by atoms with van der Waals surface area (Å²) < 4.78 is 1.64. The van der Waals surface area contributed by atoms with Gasteiger partial charge >= 0.3 is 0 Å². The van der Waals surface area contributed by atoms with E-state index in [1.54, 1.807) is 22.2 Å². The van der Waals surface area contributed by atoms with Crippen LogP contribution < -0.4 is 5.56 Å². The fraction of sp³-hybridized carbons (Fsp3) is 0.696. The van der Waals surface area contributed by atoms with Crippen LogP contribution in [-0.2, 0) is 24.2 Å². The van der Waals surface area contributed by atoms with Gasteiger partial charge in [0.05, 0.1) is 11.7 Å². The number of aromatic nitrogens is 2. The van der Waals surface area contributed by atoms with Crippen LogP contribution in [0.25, 0.3) is 10.2 Å². The minimum absolute atomic E-state index is 0.0234. The number of fused-ring (bicyclic) bond motifs is 3. The Kier molecular flexibility index (Phi) is 6.04. The number of carbonyl (C=O) groups excluding carboxylic acids is 1. The maximum absolute atomic E-state index is 13.2. The van der Waals surface area contributed by atoms with Gasteiger partial charge in [0, 0.05) is 44.0 Å². The van der Waals surface area contributed by atoms with E-state index in [0.29, 0.717) is 18.9 Å². The molecule has 2 aromatic rings. The maximum Gasteiger partial charge on any atom is 0.262 e. The summed E-state index contributed by atoms with van der Waals surface area (Å²) in [6.45, 7) is 13.9. The van der Waals surface area contributed by atoms with Gasteiger partial charge in [0.1, 0.15) is 4.83 Å². The molecule has 1 saturated heterocycles. The molecule has 2 aliphatic rings. The first kappa shape index (κ1) is 21.5. The first-order chi connectivity index (χ1) is 14.3. The third kappa shape index (κ3) is 4.19. The molecule has 1 aliphatic heterocycles. The van der Waals surface area contributed by atoms with Crippen molar-refractivity contribution < 1.29 is 4.79 Å². The molecule has 30 heavy (non-hydrogen) atoms. The molecular formula is C23H34N4O2S. The molecule has 0 aromatic carbocycles. The van der Waals surface area contributed by atoms with Crippen LogP contribution in [0.5, 0.6) is 0 Å². The van der Waals surface area contributed by atoms with E-state index in [0.717, 1.165) is 62.2 Å². The highest BCUT2D eigenvalue weighted by molar-refractivity contribution is 7.18. The molecule has 0 N–H and O–H groups in total. The number of hydrogen-bond donors (Lipinski definition) is 0. The normalized spacial score (nSPS) is 20.5. The van der Waals surface area contributed by atoms with E-state index in [-0.39, 0.29) is 16.9 Å². The van der Waals surface area contributed by atoms with E-state index >= 15 is 0 Å². The lowest BCUT2D eigenvalue weighted by Gasteiger charge is -2.34. The predicted molar refractivity (Wildman–Crippen MR) is 122 cm³/mol. The van der Waals surface area contributed by atoms with Crippen molar-refractivity contribution in [2.24, 2.45) is 11.3 Å². The van der Waals surface area contributed by atoms with E-state index in [9.17, 15) is 9.59 Å².